The van der Waals surface area contributed by atoms with Gasteiger partial charge in [0.25, 0.3) is 0 Å². The van der Waals surface area contributed by atoms with Crippen molar-refractivity contribution in [1.29, 1.82) is 0 Å². The first-order chi connectivity index (χ1) is 2.45. The Kier molecular flexibility index (Phi) is 0.900. The van der Waals surface area contributed by atoms with Gasteiger partial charge in [-0.25, -0.2) is 0 Å². The van der Waals surface area contributed by atoms with Gasteiger partial charge in [-0.05, 0) is 0 Å². The van der Waals surface area contributed by atoms with Crippen LogP contribution in [0.4, 0.5) is 0 Å². The van der Waals surface area contributed by atoms with Crippen LogP contribution in [0.5, 0.6) is 0 Å². The van der Waals surface area contributed by atoms with E-state index in [0.717, 1.165) is 0 Å². The van der Waals surface area contributed by atoms with Gasteiger partial charge < -0.3 is 0 Å². The summed E-state index contributed by atoms with van der Waals surface area (Å²) in [6.07, 6.45) is 0. The summed E-state index contributed by atoms with van der Waals surface area (Å²) in [4.78, 5) is 0. The van der Waals surface area contributed by atoms with E-state index < -0.39 is 17.9 Å². The molecule has 0 aromatic carbocycles. The summed E-state index contributed by atoms with van der Waals surface area (Å²) in [5.41, 5.74) is 0. The van der Waals surface area contributed by atoms with Crippen molar-refractivity contribution >= 4 is 17.9 Å². The molecule has 0 bridgehead atoms. The van der Waals surface area contributed by atoms with Gasteiger partial charge in [0.15, 0.2) is 0 Å². The first kappa shape index (κ1) is 7.55. The van der Waals surface area contributed by atoms with Gasteiger partial charge in [0.05, 0.1) is 0 Å². The fourth-order valence-electron chi connectivity index (χ4n) is 0. The van der Waals surface area contributed by atoms with Crippen molar-refractivity contribution in [2.45, 2.75) is 0 Å². The van der Waals surface area contributed by atoms with E-state index in [1.54, 1.807) is 0 Å². The van der Waals surface area contributed by atoms with Crippen LogP contribution >= 0.6 is 0 Å². The van der Waals surface area contributed by atoms with Crippen LogP contribution < -0.4 is 20.8 Å². The van der Waals surface area contributed by atoms with E-state index in [9.17, 15) is 0 Å². The van der Waals surface area contributed by atoms with Gasteiger partial charge in [-0.2, -0.15) is 0 Å². The fraction of sp³-hybridized carbons (Fsp3) is 0. The first-order valence-electron chi connectivity index (χ1n) is 1.00. The van der Waals surface area contributed by atoms with Gasteiger partial charge in [0, 0.05) is 0 Å². The van der Waals surface area contributed by atoms with Gasteiger partial charge in [-0.15, -0.1) is 0 Å². The van der Waals surface area contributed by atoms with Crippen LogP contribution in [0.3, 0.4) is 0 Å². The molecule has 0 saturated carbocycles. The third-order valence-electron chi connectivity index (χ3n) is 0. The van der Waals surface area contributed by atoms with Gasteiger partial charge in [0.2, 0.25) is 0 Å². The molecule has 0 spiro atoms. The molecule has 0 aliphatic carbocycles. The molecule has 0 aromatic heterocycles. The molecule has 0 radical (unpaired) electrons. The van der Waals surface area contributed by atoms with Crippen molar-refractivity contribution in [2.24, 2.45) is 0 Å². The van der Waals surface area contributed by atoms with Crippen molar-refractivity contribution in [3.63, 3.8) is 0 Å². The topological polar surface area (TPSA) is 138 Å². The molecular formula is O6Te-6. The molecule has 0 aromatic rings. The molecule has 48 valence electrons. The summed E-state index contributed by atoms with van der Waals surface area (Å²) >= 11 is -9.68. The van der Waals surface area contributed by atoms with E-state index in [-0.39, 0.29) is 0 Å². The predicted molar refractivity (Wildman–Crippen MR) is 5.75 cm³/mol. The molecular weight excluding hydrogens is 224 g/mol. The molecule has 7 heavy (non-hydrogen) atoms. The summed E-state index contributed by atoms with van der Waals surface area (Å²) in [7, 11) is 0. The summed E-state index contributed by atoms with van der Waals surface area (Å²) in [5.74, 6) is 0. The average Bonchev–Trinajstić information content (AvgIpc) is 0.592. The van der Waals surface area contributed by atoms with Crippen molar-refractivity contribution in [2.75, 3.05) is 0 Å². The normalized spacial score (nSPS) is 23.1. The summed E-state index contributed by atoms with van der Waals surface area (Å²) < 4.78 is 52.0. The Hall–Kier alpha value is 0.550. The van der Waals surface area contributed by atoms with E-state index >= 15 is 0 Å². The minimum absolute atomic E-state index is 8.67. The second-order valence-electron chi connectivity index (χ2n) is 1.02. The number of hydrogen-bond acceptors (Lipinski definition) is 6. The second kappa shape index (κ2) is 0.834. The minimum atomic E-state index is -9.68. The second-order valence-corrected chi connectivity index (χ2v) is 6.85. The first-order valence-corrected chi connectivity index (χ1v) is 6.71. The molecule has 6 nitrogen and oxygen atoms in total. The zero-order chi connectivity index (χ0) is 6.41. The van der Waals surface area contributed by atoms with Gasteiger partial charge in [0.1, 0.15) is 0 Å². The van der Waals surface area contributed by atoms with Crippen LogP contribution in [0.1, 0.15) is 0 Å². The van der Waals surface area contributed by atoms with Crippen LogP contribution in [0.15, 0.2) is 0 Å². The molecule has 0 fully saturated rings. The molecule has 0 atom stereocenters. The van der Waals surface area contributed by atoms with Crippen molar-refractivity contribution < 1.29 is 20.8 Å². The third-order valence-corrected chi connectivity index (χ3v) is 0. The summed E-state index contributed by atoms with van der Waals surface area (Å²) in [6, 6.07) is 0. The number of hydrogen-bond donors (Lipinski definition) is 0. The van der Waals surface area contributed by atoms with E-state index in [1.165, 1.54) is 0 Å². The predicted octanol–water partition coefficient (Wildman–Crippen LogP) is -7.51. The molecule has 0 heterocycles. The van der Waals surface area contributed by atoms with Crippen LogP contribution in [-0.2, 0) is 0 Å². The monoisotopic (exact) mass is 226 g/mol. The third kappa shape index (κ3) is 449. The Labute approximate surface area is 39.3 Å². The van der Waals surface area contributed by atoms with E-state index in [2.05, 4.69) is 0 Å². The van der Waals surface area contributed by atoms with Gasteiger partial charge in [-0.1, -0.05) is 0 Å². The van der Waals surface area contributed by atoms with E-state index in [4.69, 9.17) is 20.8 Å². The summed E-state index contributed by atoms with van der Waals surface area (Å²) in [6.45, 7) is 0. The van der Waals surface area contributed by atoms with E-state index in [0.29, 0.717) is 0 Å². The SMILES string of the molecule is [O-][Te]([O-])([O-])([O-])([O-])[O-]. The Morgan fingerprint density at radius 3 is 0.571 bits per heavy atom. The molecule has 0 amide bonds. The van der Waals surface area contributed by atoms with Crippen LogP contribution in [0.2, 0.25) is 0 Å². The Morgan fingerprint density at radius 2 is 0.571 bits per heavy atom. The van der Waals surface area contributed by atoms with Crippen molar-refractivity contribution in [3.05, 3.63) is 0 Å². The Bertz CT molecular complexity index is 62.7. The Morgan fingerprint density at radius 1 is 0.571 bits per heavy atom. The van der Waals surface area contributed by atoms with Crippen molar-refractivity contribution in [3.8, 4) is 0 Å². The standard InChI is InChI=1S/H6O6Te/c1-7(2,3,4,5)6/h1-6H/p-6. The molecule has 0 rings (SSSR count). The quantitative estimate of drug-likeness (QED) is 0.374. The molecule has 0 unspecified atom stereocenters. The van der Waals surface area contributed by atoms with Crippen LogP contribution in [0, 0.1) is 0 Å². The molecule has 7 heteroatoms. The molecule has 0 aliphatic rings. The van der Waals surface area contributed by atoms with Gasteiger partial charge >= 0.3 is 38.7 Å². The van der Waals surface area contributed by atoms with Crippen molar-refractivity contribution in [1.82, 2.24) is 0 Å². The van der Waals surface area contributed by atoms with Crippen LogP contribution in [-0.4, -0.2) is 17.9 Å². The molecule has 0 saturated heterocycles. The zero-order valence-electron chi connectivity index (χ0n) is 2.86. The molecule has 0 N–H and O–H groups in total. The Balaban J connectivity index is 4.43. The van der Waals surface area contributed by atoms with Crippen LogP contribution in [0.25, 0.3) is 0 Å². The van der Waals surface area contributed by atoms with E-state index in [1.807, 2.05) is 0 Å². The number of rotatable bonds is 0. The average molecular weight is 224 g/mol. The maximum atomic E-state index is 8.67. The summed E-state index contributed by atoms with van der Waals surface area (Å²) in [5, 5.41) is 0. The fourth-order valence-corrected chi connectivity index (χ4v) is 0. The maximum absolute atomic E-state index is 9.68. The zero-order valence-corrected chi connectivity index (χ0v) is 5.19. The molecule has 0 aliphatic heterocycles. The van der Waals surface area contributed by atoms with Gasteiger partial charge in [-0.3, -0.25) is 0 Å².